The Balaban J connectivity index is 1.97. The van der Waals surface area contributed by atoms with Crippen molar-refractivity contribution in [3.8, 4) is 11.5 Å². The highest BCUT2D eigenvalue weighted by Crippen LogP contribution is 2.37. The summed E-state index contributed by atoms with van der Waals surface area (Å²) in [5.41, 5.74) is 1.32. The summed E-state index contributed by atoms with van der Waals surface area (Å²) in [6, 6.07) is 9.95. The lowest BCUT2D eigenvalue weighted by molar-refractivity contribution is -0.0963. The normalized spacial score (nSPS) is 20.5. The molecule has 146 valence electrons. The quantitative estimate of drug-likeness (QED) is 0.812. The molecule has 2 aromatic carbocycles. The monoisotopic (exact) mass is 395 g/mol. The summed E-state index contributed by atoms with van der Waals surface area (Å²) >= 11 is 6.22. The van der Waals surface area contributed by atoms with Gasteiger partial charge in [-0.2, -0.15) is 0 Å². The summed E-state index contributed by atoms with van der Waals surface area (Å²) in [6.07, 6.45) is -0.442. The fraction of sp³-hybridized carbons (Fsp3) is 0.400. The molecule has 1 heterocycles. The van der Waals surface area contributed by atoms with Gasteiger partial charge in [-0.05, 0) is 29.8 Å². The third kappa shape index (κ3) is 4.19. The average molecular weight is 396 g/mol. The molecule has 1 fully saturated rings. The Bertz CT molecular complexity index is 768. The zero-order valence-corrected chi connectivity index (χ0v) is 16.1. The molecule has 3 rings (SSSR count). The minimum Gasteiger partial charge on any atom is -0.493 e. The van der Waals surface area contributed by atoms with Crippen molar-refractivity contribution in [3.63, 3.8) is 0 Å². The number of ether oxygens (including phenoxy) is 3. The van der Waals surface area contributed by atoms with Gasteiger partial charge in [0.2, 0.25) is 0 Å². The molecule has 7 heteroatoms. The molecule has 0 radical (unpaired) electrons. The van der Waals surface area contributed by atoms with E-state index in [-0.39, 0.29) is 18.5 Å². The molecule has 2 aromatic rings. The Hall–Kier alpha value is -1.86. The van der Waals surface area contributed by atoms with Gasteiger partial charge in [0.25, 0.3) is 0 Å². The first-order valence-electron chi connectivity index (χ1n) is 8.70. The van der Waals surface area contributed by atoms with E-state index in [9.17, 15) is 9.50 Å². The van der Waals surface area contributed by atoms with Crippen molar-refractivity contribution >= 4 is 11.6 Å². The Kier molecular flexibility index (Phi) is 6.55. The molecule has 5 nitrogen and oxygen atoms in total. The first-order chi connectivity index (χ1) is 13.1. The van der Waals surface area contributed by atoms with Crippen molar-refractivity contribution in [2.24, 2.45) is 0 Å². The highest BCUT2D eigenvalue weighted by atomic mass is 35.5. The molecule has 1 N–H and O–H groups in total. The van der Waals surface area contributed by atoms with Crippen LogP contribution in [-0.2, 0) is 11.3 Å². The zero-order valence-electron chi connectivity index (χ0n) is 15.3. The second-order valence-corrected chi connectivity index (χ2v) is 6.73. The molecule has 0 aromatic heterocycles. The van der Waals surface area contributed by atoms with Crippen LogP contribution in [0.5, 0.6) is 11.5 Å². The maximum Gasteiger partial charge on any atom is 0.161 e. The van der Waals surface area contributed by atoms with Gasteiger partial charge in [0.1, 0.15) is 11.9 Å². The molecular weight excluding hydrogens is 373 g/mol. The Morgan fingerprint density at radius 3 is 2.67 bits per heavy atom. The van der Waals surface area contributed by atoms with Gasteiger partial charge in [0.05, 0.1) is 33.5 Å². The number of hydrogen-bond acceptors (Lipinski definition) is 5. The van der Waals surface area contributed by atoms with E-state index < -0.39 is 6.10 Å². The van der Waals surface area contributed by atoms with Crippen LogP contribution in [0.3, 0.4) is 0 Å². The van der Waals surface area contributed by atoms with Gasteiger partial charge in [-0.25, -0.2) is 4.39 Å². The van der Waals surface area contributed by atoms with Crippen LogP contribution in [0.25, 0.3) is 0 Å². The Labute approximate surface area is 163 Å². The van der Waals surface area contributed by atoms with E-state index in [1.807, 2.05) is 18.2 Å². The summed E-state index contributed by atoms with van der Waals surface area (Å²) < 4.78 is 30.8. The van der Waals surface area contributed by atoms with E-state index in [2.05, 4.69) is 4.90 Å². The van der Waals surface area contributed by atoms with E-state index in [4.69, 9.17) is 25.8 Å². The minimum absolute atomic E-state index is 0.152. The van der Waals surface area contributed by atoms with Gasteiger partial charge in [-0.1, -0.05) is 23.7 Å². The number of aliphatic hydroxyl groups is 1. The van der Waals surface area contributed by atoms with Gasteiger partial charge < -0.3 is 19.3 Å². The molecule has 0 bridgehead atoms. The zero-order chi connectivity index (χ0) is 19.4. The van der Waals surface area contributed by atoms with Crippen LogP contribution >= 0.6 is 11.6 Å². The molecule has 0 aliphatic carbocycles. The third-order valence-electron chi connectivity index (χ3n) is 4.81. The Morgan fingerprint density at radius 1 is 1.22 bits per heavy atom. The highest BCUT2D eigenvalue weighted by Gasteiger charge is 2.34. The van der Waals surface area contributed by atoms with Crippen LogP contribution < -0.4 is 9.47 Å². The predicted molar refractivity (Wildman–Crippen MR) is 101 cm³/mol. The first-order valence-corrected chi connectivity index (χ1v) is 9.08. The fourth-order valence-corrected chi connectivity index (χ4v) is 3.69. The topological polar surface area (TPSA) is 51.2 Å². The third-order valence-corrected chi connectivity index (χ3v) is 5.16. The standard InChI is InChI=1S/C20H23ClFNO4/c1-25-17-7-6-13(10-18(17)26-2)20-19(12-24)27-9-8-23(20)11-14-15(21)4-3-5-16(14)22/h3-7,10,19-20,24H,8-9,11-12H2,1-2H3. The lowest BCUT2D eigenvalue weighted by Crippen LogP contribution is -2.46. The van der Waals surface area contributed by atoms with Crippen molar-refractivity contribution < 1.29 is 23.7 Å². The largest absolute Gasteiger partial charge is 0.493 e. The summed E-state index contributed by atoms with van der Waals surface area (Å²) in [7, 11) is 3.14. The van der Waals surface area contributed by atoms with Crippen LogP contribution in [0.4, 0.5) is 4.39 Å². The van der Waals surface area contributed by atoms with E-state index in [1.165, 1.54) is 6.07 Å². The molecular formula is C20H23ClFNO4. The van der Waals surface area contributed by atoms with E-state index in [0.717, 1.165) is 5.56 Å². The number of rotatable bonds is 6. The number of methoxy groups -OCH3 is 2. The maximum absolute atomic E-state index is 14.3. The van der Waals surface area contributed by atoms with Crippen molar-refractivity contribution in [1.29, 1.82) is 0 Å². The van der Waals surface area contributed by atoms with Gasteiger partial charge in [0.15, 0.2) is 11.5 Å². The van der Waals surface area contributed by atoms with Gasteiger partial charge in [-0.3, -0.25) is 4.90 Å². The van der Waals surface area contributed by atoms with Crippen LogP contribution in [0.15, 0.2) is 36.4 Å². The molecule has 0 saturated carbocycles. The van der Waals surface area contributed by atoms with E-state index in [1.54, 1.807) is 26.4 Å². The van der Waals surface area contributed by atoms with Crippen LogP contribution in [-0.4, -0.2) is 50.1 Å². The number of benzene rings is 2. The Morgan fingerprint density at radius 2 is 2.00 bits per heavy atom. The average Bonchev–Trinajstić information content (AvgIpc) is 2.70. The van der Waals surface area contributed by atoms with Gasteiger partial charge in [-0.15, -0.1) is 0 Å². The van der Waals surface area contributed by atoms with Crippen LogP contribution in [0.1, 0.15) is 17.2 Å². The SMILES string of the molecule is COc1ccc(C2C(CO)OCCN2Cc2c(F)cccc2Cl)cc1OC. The van der Waals surface area contributed by atoms with Crippen molar-refractivity contribution in [3.05, 3.63) is 58.4 Å². The number of nitrogens with zero attached hydrogens (tertiary/aromatic N) is 1. The molecule has 1 aliphatic heterocycles. The van der Waals surface area contributed by atoms with Crippen LogP contribution in [0.2, 0.25) is 5.02 Å². The first kappa shape index (κ1) is 19.9. The number of hydrogen-bond donors (Lipinski definition) is 1. The smallest absolute Gasteiger partial charge is 0.161 e. The predicted octanol–water partition coefficient (Wildman–Crippen LogP) is 3.43. The van der Waals surface area contributed by atoms with Gasteiger partial charge >= 0.3 is 0 Å². The molecule has 1 saturated heterocycles. The lowest BCUT2D eigenvalue weighted by Gasteiger charge is -2.41. The van der Waals surface area contributed by atoms with Crippen molar-refractivity contribution in [2.75, 3.05) is 34.0 Å². The summed E-state index contributed by atoms with van der Waals surface area (Å²) in [4.78, 5) is 2.07. The number of halogens is 2. The van der Waals surface area contributed by atoms with Crippen molar-refractivity contribution in [2.45, 2.75) is 18.7 Å². The second-order valence-electron chi connectivity index (χ2n) is 6.32. The highest BCUT2D eigenvalue weighted by molar-refractivity contribution is 6.31. The summed E-state index contributed by atoms with van der Waals surface area (Å²) in [5.74, 6) is 0.851. The number of aliphatic hydroxyl groups excluding tert-OH is 1. The maximum atomic E-state index is 14.3. The van der Waals surface area contributed by atoms with E-state index in [0.29, 0.717) is 41.8 Å². The fourth-order valence-electron chi connectivity index (χ4n) is 3.47. The summed E-state index contributed by atoms with van der Waals surface area (Å²) in [5, 5.41) is 10.2. The van der Waals surface area contributed by atoms with E-state index >= 15 is 0 Å². The molecule has 1 aliphatic rings. The molecule has 0 amide bonds. The van der Waals surface area contributed by atoms with Crippen LogP contribution in [0, 0.1) is 5.82 Å². The minimum atomic E-state index is -0.442. The molecule has 0 spiro atoms. The second kappa shape index (κ2) is 8.89. The molecule has 2 atom stereocenters. The van der Waals surface area contributed by atoms with Crippen molar-refractivity contribution in [1.82, 2.24) is 4.90 Å². The summed E-state index contributed by atoms with van der Waals surface area (Å²) in [6.45, 7) is 1.19. The number of morpholine rings is 1. The molecule has 27 heavy (non-hydrogen) atoms. The molecule has 2 unspecified atom stereocenters. The lowest BCUT2D eigenvalue weighted by atomic mass is 9.97. The van der Waals surface area contributed by atoms with Gasteiger partial charge in [0, 0.05) is 23.7 Å².